The molecule has 1 rings (SSSR count). The molecule has 5 heteroatoms. The number of aromatic carboxylic acids is 1. The number of rotatable bonds is 4. The van der Waals surface area contributed by atoms with Gasteiger partial charge < -0.3 is 10.0 Å². The minimum Gasteiger partial charge on any atom is -0.477 e. The molecule has 1 aromatic heterocycles. The topological polar surface area (TPSA) is 70.5 Å². The summed E-state index contributed by atoms with van der Waals surface area (Å²) in [6.07, 6.45) is 0. The molecule has 0 aliphatic rings. The highest BCUT2D eigenvalue weighted by atomic mass is 16.4. The molecule has 0 aliphatic heterocycles. The Morgan fingerprint density at radius 2 is 1.94 bits per heavy atom. The summed E-state index contributed by atoms with van der Waals surface area (Å²) in [5.74, 6) is -1.04. The number of carbonyl (C=O) groups is 2. The van der Waals surface area contributed by atoms with Crippen molar-refractivity contribution in [3.63, 3.8) is 0 Å². The third kappa shape index (κ3) is 3.55. The molecule has 1 N–H and O–H groups in total. The van der Waals surface area contributed by atoms with Crippen LogP contribution in [0, 0.1) is 5.92 Å². The molecule has 5 nitrogen and oxygen atoms in total. The van der Waals surface area contributed by atoms with Crippen molar-refractivity contribution in [1.82, 2.24) is 9.88 Å². The van der Waals surface area contributed by atoms with Crippen molar-refractivity contribution in [2.45, 2.75) is 13.8 Å². The van der Waals surface area contributed by atoms with Gasteiger partial charge in [-0.3, -0.25) is 4.79 Å². The zero-order valence-electron chi connectivity index (χ0n) is 10.2. The van der Waals surface area contributed by atoms with Gasteiger partial charge in [0.15, 0.2) is 0 Å². The number of nitrogens with zero attached hydrogens (tertiary/aromatic N) is 2. The number of carboxylic acids is 1. The van der Waals surface area contributed by atoms with Crippen molar-refractivity contribution >= 4 is 11.9 Å². The van der Waals surface area contributed by atoms with Gasteiger partial charge in [-0.1, -0.05) is 19.9 Å². The molecule has 17 heavy (non-hydrogen) atoms. The van der Waals surface area contributed by atoms with Crippen molar-refractivity contribution in [2.24, 2.45) is 5.92 Å². The average molecular weight is 236 g/mol. The maximum absolute atomic E-state index is 11.9. The maximum atomic E-state index is 11.9. The van der Waals surface area contributed by atoms with Gasteiger partial charge in [-0.15, -0.1) is 0 Å². The van der Waals surface area contributed by atoms with E-state index in [1.54, 1.807) is 11.9 Å². The lowest BCUT2D eigenvalue weighted by molar-refractivity contribution is 0.0690. The summed E-state index contributed by atoms with van der Waals surface area (Å²) in [5, 5.41) is 8.79. The second-order valence-corrected chi connectivity index (χ2v) is 4.29. The molecule has 0 bridgehead atoms. The Morgan fingerprint density at radius 3 is 2.47 bits per heavy atom. The van der Waals surface area contributed by atoms with Crippen LogP contribution in [0.1, 0.15) is 34.8 Å². The fourth-order valence-corrected chi connectivity index (χ4v) is 1.50. The fraction of sp³-hybridized carbons (Fsp3) is 0.417. The van der Waals surface area contributed by atoms with Crippen LogP contribution in [-0.4, -0.2) is 40.5 Å². The third-order valence-corrected chi connectivity index (χ3v) is 2.17. The van der Waals surface area contributed by atoms with Gasteiger partial charge in [0, 0.05) is 13.6 Å². The van der Waals surface area contributed by atoms with Crippen molar-refractivity contribution in [3.8, 4) is 0 Å². The molecule has 0 saturated heterocycles. The first-order valence-electron chi connectivity index (χ1n) is 5.37. The van der Waals surface area contributed by atoms with Crippen LogP contribution >= 0.6 is 0 Å². The molecule has 0 saturated carbocycles. The Labute approximate surface area is 100 Å². The Balaban J connectivity index is 2.89. The standard InChI is InChI=1S/C12H16N2O3/c1-8(2)7-14(3)11(15)9-5-4-6-10(13-9)12(16)17/h4-6,8H,7H2,1-3H3,(H,16,17). The molecule has 0 atom stereocenters. The zero-order valence-corrected chi connectivity index (χ0v) is 10.2. The Morgan fingerprint density at radius 1 is 1.35 bits per heavy atom. The summed E-state index contributed by atoms with van der Waals surface area (Å²) < 4.78 is 0. The molecule has 92 valence electrons. The largest absolute Gasteiger partial charge is 0.477 e. The van der Waals surface area contributed by atoms with Crippen molar-refractivity contribution < 1.29 is 14.7 Å². The number of carboxylic acid groups (broad SMARTS) is 1. The molecule has 1 heterocycles. The summed E-state index contributed by atoms with van der Waals surface area (Å²) in [6, 6.07) is 4.40. The highest BCUT2D eigenvalue weighted by Gasteiger charge is 2.15. The quantitative estimate of drug-likeness (QED) is 0.860. The van der Waals surface area contributed by atoms with Gasteiger partial charge in [-0.2, -0.15) is 0 Å². The monoisotopic (exact) mass is 236 g/mol. The first kappa shape index (κ1) is 13.2. The van der Waals surface area contributed by atoms with Gasteiger partial charge in [0.2, 0.25) is 0 Å². The van der Waals surface area contributed by atoms with Gasteiger partial charge in [-0.05, 0) is 18.1 Å². The Hall–Kier alpha value is -1.91. The van der Waals surface area contributed by atoms with Crippen LogP contribution in [0.4, 0.5) is 0 Å². The van der Waals surface area contributed by atoms with E-state index in [9.17, 15) is 9.59 Å². The lowest BCUT2D eigenvalue weighted by Crippen LogP contribution is -2.31. The molecule has 1 aromatic rings. The number of hydrogen-bond acceptors (Lipinski definition) is 3. The Kier molecular flexibility index (Phi) is 4.20. The van der Waals surface area contributed by atoms with Gasteiger partial charge in [0.05, 0.1) is 0 Å². The molecular weight excluding hydrogens is 220 g/mol. The van der Waals surface area contributed by atoms with Gasteiger partial charge in [0.1, 0.15) is 11.4 Å². The lowest BCUT2D eigenvalue weighted by atomic mass is 10.2. The van der Waals surface area contributed by atoms with E-state index in [1.165, 1.54) is 18.2 Å². The van der Waals surface area contributed by atoms with E-state index in [-0.39, 0.29) is 17.3 Å². The predicted octanol–water partition coefficient (Wildman–Crippen LogP) is 1.51. The number of aromatic nitrogens is 1. The minimum atomic E-state index is -1.13. The van der Waals surface area contributed by atoms with Crippen LogP contribution in [0.3, 0.4) is 0 Å². The number of pyridine rings is 1. The van der Waals surface area contributed by atoms with Crippen molar-refractivity contribution in [1.29, 1.82) is 0 Å². The van der Waals surface area contributed by atoms with Crippen LogP contribution in [0.2, 0.25) is 0 Å². The van der Waals surface area contributed by atoms with E-state index in [0.717, 1.165) is 0 Å². The van der Waals surface area contributed by atoms with E-state index in [2.05, 4.69) is 4.98 Å². The van der Waals surface area contributed by atoms with Crippen molar-refractivity contribution in [2.75, 3.05) is 13.6 Å². The van der Waals surface area contributed by atoms with Crippen LogP contribution in [-0.2, 0) is 0 Å². The summed E-state index contributed by atoms with van der Waals surface area (Å²) >= 11 is 0. The molecular formula is C12H16N2O3. The normalized spacial score (nSPS) is 10.4. The fourth-order valence-electron chi connectivity index (χ4n) is 1.50. The van der Waals surface area contributed by atoms with Crippen LogP contribution < -0.4 is 0 Å². The number of carbonyl (C=O) groups excluding carboxylic acids is 1. The SMILES string of the molecule is CC(C)CN(C)C(=O)c1cccc(C(=O)O)n1. The number of hydrogen-bond donors (Lipinski definition) is 1. The molecule has 0 spiro atoms. The number of amides is 1. The average Bonchev–Trinajstić information content (AvgIpc) is 2.27. The second-order valence-electron chi connectivity index (χ2n) is 4.29. The smallest absolute Gasteiger partial charge is 0.354 e. The highest BCUT2D eigenvalue weighted by Crippen LogP contribution is 2.05. The zero-order chi connectivity index (χ0) is 13.0. The van der Waals surface area contributed by atoms with E-state index in [1.807, 2.05) is 13.8 Å². The lowest BCUT2D eigenvalue weighted by Gasteiger charge is -2.18. The molecule has 0 radical (unpaired) electrons. The molecule has 1 amide bonds. The van der Waals surface area contributed by atoms with E-state index < -0.39 is 5.97 Å². The molecule has 0 aromatic carbocycles. The van der Waals surface area contributed by atoms with Gasteiger partial charge >= 0.3 is 5.97 Å². The van der Waals surface area contributed by atoms with Gasteiger partial charge in [-0.25, -0.2) is 9.78 Å². The Bertz CT molecular complexity index is 430. The second kappa shape index (κ2) is 5.43. The van der Waals surface area contributed by atoms with E-state index in [4.69, 9.17) is 5.11 Å². The maximum Gasteiger partial charge on any atom is 0.354 e. The van der Waals surface area contributed by atoms with Crippen LogP contribution in [0.5, 0.6) is 0 Å². The highest BCUT2D eigenvalue weighted by molar-refractivity contribution is 5.94. The first-order valence-corrected chi connectivity index (χ1v) is 5.37. The van der Waals surface area contributed by atoms with Crippen LogP contribution in [0.25, 0.3) is 0 Å². The van der Waals surface area contributed by atoms with Crippen LogP contribution in [0.15, 0.2) is 18.2 Å². The molecule has 0 fully saturated rings. The first-order chi connectivity index (χ1) is 7.91. The van der Waals surface area contributed by atoms with Gasteiger partial charge in [0.25, 0.3) is 5.91 Å². The molecule has 0 aliphatic carbocycles. The summed E-state index contributed by atoms with van der Waals surface area (Å²) in [4.78, 5) is 28.0. The van der Waals surface area contributed by atoms with E-state index >= 15 is 0 Å². The summed E-state index contributed by atoms with van der Waals surface area (Å²) in [6.45, 7) is 4.62. The van der Waals surface area contributed by atoms with Crippen molar-refractivity contribution in [3.05, 3.63) is 29.6 Å². The van der Waals surface area contributed by atoms with E-state index in [0.29, 0.717) is 12.5 Å². The molecule has 0 unspecified atom stereocenters. The third-order valence-electron chi connectivity index (χ3n) is 2.17. The predicted molar refractivity (Wildman–Crippen MR) is 63.0 cm³/mol. The summed E-state index contributed by atoms with van der Waals surface area (Å²) in [5.41, 5.74) is 0.0434. The summed E-state index contributed by atoms with van der Waals surface area (Å²) in [7, 11) is 1.68. The minimum absolute atomic E-state index is 0.117.